The number of hydrogen-bond donors (Lipinski definition) is 1. The van der Waals surface area contributed by atoms with Gasteiger partial charge in [0.25, 0.3) is 0 Å². The van der Waals surface area contributed by atoms with Gasteiger partial charge in [-0.3, -0.25) is 4.79 Å². The quantitative estimate of drug-likeness (QED) is 0.886. The van der Waals surface area contributed by atoms with E-state index in [1.54, 1.807) is 36.7 Å². The van der Waals surface area contributed by atoms with Crippen molar-refractivity contribution in [2.45, 2.75) is 6.42 Å². The number of nitriles is 1. The number of anilines is 1. The van der Waals surface area contributed by atoms with Crippen LogP contribution in [0.4, 0.5) is 5.69 Å². The van der Waals surface area contributed by atoms with Gasteiger partial charge < -0.3 is 5.32 Å². The Morgan fingerprint density at radius 3 is 2.50 bits per heavy atom. The summed E-state index contributed by atoms with van der Waals surface area (Å²) in [5.74, 6) is 0.314. The summed E-state index contributed by atoms with van der Waals surface area (Å²) in [6.07, 6.45) is 3.19. The Balaban J connectivity index is 2.11. The number of nitrogens with one attached hydrogen (secondary N) is 1. The van der Waals surface area contributed by atoms with Crippen molar-refractivity contribution >= 4 is 11.6 Å². The Morgan fingerprint density at radius 2 is 1.89 bits per heavy atom. The molecule has 1 heterocycles. The molecule has 1 aromatic carbocycles. The highest BCUT2D eigenvalue weighted by molar-refractivity contribution is 5.92. The zero-order chi connectivity index (χ0) is 12.8. The van der Waals surface area contributed by atoms with Crippen LogP contribution in [-0.4, -0.2) is 15.9 Å². The third-order valence-electron chi connectivity index (χ3n) is 2.23. The van der Waals surface area contributed by atoms with Crippen molar-refractivity contribution in [1.82, 2.24) is 9.97 Å². The Kier molecular flexibility index (Phi) is 3.62. The summed E-state index contributed by atoms with van der Waals surface area (Å²) < 4.78 is 0. The molecule has 2 rings (SSSR count). The lowest BCUT2D eigenvalue weighted by Crippen LogP contribution is -2.09. The summed E-state index contributed by atoms with van der Waals surface area (Å²) in [6.45, 7) is 0. The van der Waals surface area contributed by atoms with E-state index < -0.39 is 0 Å². The van der Waals surface area contributed by atoms with Gasteiger partial charge in [-0.2, -0.15) is 5.26 Å². The lowest BCUT2D eigenvalue weighted by atomic mass is 10.2. The highest BCUT2D eigenvalue weighted by Crippen LogP contribution is 2.17. The summed E-state index contributed by atoms with van der Waals surface area (Å²) in [4.78, 5) is 19.5. The number of carbonyl (C=O) groups is 1. The minimum atomic E-state index is -0.318. The van der Waals surface area contributed by atoms with Crippen LogP contribution in [0.1, 0.15) is 6.42 Å². The number of hydrogen-bond acceptors (Lipinski definition) is 4. The summed E-state index contributed by atoms with van der Waals surface area (Å²) in [6, 6.07) is 10.7. The van der Waals surface area contributed by atoms with Crippen LogP contribution in [0, 0.1) is 11.3 Å². The summed E-state index contributed by atoms with van der Waals surface area (Å²) in [7, 11) is 0. The van der Waals surface area contributed by atoms with Gasteiger partial charge in [-0.15, -0.1) is 0 Å². The average molecular weight is 238 g/mol. The fourth-order valence-electron chi connectivity index (χ4n) is 1.43. The van der Waals surface area contributed by atoms with Gasteiger partial charge in [0.1, 0.15) is 6.42 Å². The van der Waals surface area contributed by atoms with Crippen LogP contribution in [0.5, 0.6) is 0 Å². The van der Waals surface area contributed by atoms with E-state index in [0.717, 1.165) is 5.56 Å². The second kappa shape index (κ2) is 5.55. The van der Waals surface area contributed by atoms with Crippen molar-refractivity contribution < 1.29 is 4.79 Å². The average Bonchev–Trinajstić information content (AvgIpc) is 2.41. The highest BCUT2D eigenvalue weighted by atomic mass is 16.1. The number of benzene rings is 1. The molecule has 0 aliphatic carbocycles. The third kappa shape index (κ3) is 2.89. The maximum Gasteiger partial charge on any atom is 0.238 e. The molecule has 0 radical (unpaired) electrons. The molecule has 0 saturated heterocycles. The molecule has 2 aromatic rings. The molecule has 0 aliphatic heterocycles. The van der Waals surface area contributed by atoms with E-state index >= 15 is 0 Å². The molecule has 88 valence electrons. The van der Waals surface area contributed by atoms with Gasteiger partial charge in [0.05, 0.1) is 6.07 Å². The predicted octanol–water partition coefficient (Wildman–Crippen LogP) is 2.00. The largest absolute Gasteiger partial charge is 0.325 e. The van der Waals surface area contributed by atoms with Crippen LogP contribution in [-0.2, 0) is 4.79 Å². The van der Waals surface area contributed by atoms with Gasteiger partial charge in [-0.1, -0.05) is 0 Å². The SMILES string of the molecule is N#CCC(=O)Nc1ccc(-c2ncccn2)cc1. The number of rotatable bonds is 3. The minimum Gasteiger partial charge on any atom is -0.325 e. The maximum atomic E-state index is 11.2. The third-order valence-corrected chi connectivity index (χ3v) is 2.23. The first-order valence-electron chi connectivity index (χ1n) is 5.34. The van der Waals surface area contributed by atoms with Crippen LogP contribution in [0.3, 0.4) is 0 Å². The Morgan fingerprint density at radius 1 is 1.22 bits per heavy atom. The molecule has 0 saturated carbocycles. The highest BCUT2D eigenvalue weighted by Gasteiger charge is 2.03. The zero-order valence-corrected chi connectivity index (χ0v) is 9.50. The molecule has 5 heteroatoms. The fraction of sp³-hybridized carbons (Fsp3) is 0.0769. The second-order valence-electron chi connectivity index (χ2n) is 3.53. The van der Waals surface area contributed by atoms with Gasteiger partial charge in [-0.05, 0) is 30.3 Å². The molecule has 1 aromatic heterocycles. The molecular formula is C13H10N4O. The van der Waals surface area contributed by atoms with Gasteiger partial charge in [-0.25, -0.2) is 9.97 Å². The molecule has 0 spiro atoms. The predicted molar refractivity (Wildman–Crippen MR) is 66.3 cm³/mol. The number of nitrogens with zero attached hydrogens (tertiary/aromatic N) is 3. The normalized spacial score (nSPS) is 9.50. The number of carbonyl (C=O) groups excluding carboxylic acids is 1. The standard InChI is InChI=1S/C13H10N4O/c14-7-6-12(18)17-11-4-2-10(3-5-11)13-15-8-1-9-16-13/h1-5,8-9H,6H2,(H,17,18). The molecule has 0 bridgehead atoms. The van der Waals surface area contributed by atoms with Crippen molar-refractivity contribution in [2.75, 3.05) is 5.32 Å². The molecule has 0 unspecified atom stereocenters. The first-order valence-corrected chi connectivity index (χ1v) is 5.34. The summed E-state index contributed by atoms with van der Waals surface area (Å²) in [5, 5.41) is 11.0. The van der Waals surface area contributed by atoms with Crippen molar-refractivity contribution in [2.24, 2.45) is 0 Å². The van der Waals surface area contributed by atoms with Crippen LogP contribution < -0.4 is 5.32 Å². The smallest absolute Gasteiger partial charge is 0.238 e. The molecule has 1 amide bonds. The van der Waals surface area contributed by atoms with Gasteiger partial charge >= 0.3 is 0 Å². The van der Waals surface area contributed by atoms with E-state index in [0.29, 0.717) is 11.5 Å². The molecule has 18 heavy (non-hydrogen) atoms. The van der Waals surface area contributed by atoms with Crippen molar-refractivity contribution in [1.29, 1.82) is 5.26 Å². The lowest BCUT2D eigenvalue weighted by molar-refractivity contribution is -0.115. The number of amides is 1. The molecule has 1 N–H and O–H groups in total. The van der Waals surface area contributed by atoms with Crippen LogP contribution in [0.2, 0.25) is 0 Å². The molecular weight excluding hydrogens is 228 g/mol. The zero-order valence-electron chi connectivity index (χ0n) is 9.50. The first-order chi connectivity index (χ1) is 8.79. The Bertz CT molecular complexity index is 572. The lowest BCUT2D eigenvalue weighted by Gasteiger charge is -2.04. The van der Waals surface area contributed by atoms with Crippen LogP contribution in [0.25, 0.3) is 11.4 Å². The topological polar surface area (TPSA) is 78.7 Å². The monoisotopic (exact) mass is 238 g/mol. The van der Waals surface area contributed by atoms with Gasteiger partial charge in [0.2, 0.25) is 5.91 Å². The van der Waals surface area contributed by atoms with E-state index in [1.165, 1.54) is 0 Å². The van der Waals surface area contributed by atoms with Gasteiger partial charge in [0, 0.05) is 23.6 Å². The van der Waals surface area contributed by atoms with E-state index in [4.69, 9.17) is 5.26 Å². The summed E-state index contributed by atoms with van der Waals surface area (Å²) in [5.41, 5.74) is 1.52. The number of aromatic nitrogens is 2. The van der Waals surface area contributed by atoms with Crippen LogP contribution in [0.15, 0.2) is 42.7 Å². The Labute approximate surface area is 104 Å². The van der Waals surface area contributed by atoms with E-state index in [2.05, 4.69) is 15.3 Å². The van der Waals surface area contributed by atoms with Gasteiger partial charge in [0.15, 0.2) is 5.82 Å². The summed E-state index contributed by atoms with van der Waals surface area (Å²) >= 11 is 0. The Hall–Kier alpha value is -2.74. The second-order valence-corrected chi connectivity index (χ2v) is 3.53. The maximum absolute atomic E-state index is 11.2. The molecule has 5 nitrogen and oxygen atoms in total. The van der Waals surface area contributed by atoms with Crippen LogP contribution >= 0.6 is 0 Å². The van der Waals surface area contributed by atoms with E-state index in [9.17, 15) is 4.79 Å². The van der Waals surface area contributed by atoms with Crippen molar-refractivity contribution in [3.63, 3.8) is 0 Å². The first kappa shape index (κ1) is 11.7. The molecule has 0 fully saturated rings. The fourth-order valence-corrected chi connectivity index (χ4v) is 1.43. The van der Waals surface area contributed by atoms with E-state index in [1.807, 2.05) is 12.1 Å². The molecule has 0 atom stereocenters. The van der Waals surface area contributed by atoms with Crippen molar-refractivity contribution in [3.8, 4) is 17.5 Å². The van der Waals surface area contributed by atoms with E-state index in [-0.39, 0.29) is 12.3 Å². The molecule has 0 aliphatic rings. The van der Waals surface area contributed by atoms with Crippen molar-refractivity contribution in [3.05, 3.63) is 42.7 Å². The minimum absolute atomic E-state index is 0.149.